The van der Waals surface area contributed by atoms with Gasteiger partial charge in [0, 0.05) is 12.3 Å². The van der Waals surface area contributed by atoms with Crippen molar-refractivity contribution >= 4 is 0 Å². The molecule has 2 aliphatic heterocycles. The van der Waals surface area contributed by atoms with Crippen LogP contribution in [0.5, 0.6) is 0 Å². The van der Waals surface area contributed by atoms with Gasteiger partial charge in [-0.2, -0.15) is 0 Å². The van der Waals surface area contributed by atoms with Crippen LogP contribution in [0.3, 0.4) is 0 Å². The van der Waals surface area contributed by atoms with Crippen molar-refractivity contribution in [2.45, 2.75) is 103 Å². The van der Waals surface area contributed by atoms with Crippen molar-refractivity contribution in [3.63, 3.8) is 0 Å². The highest BCUT2D eigenvalue weighted by atomic mass is 16.7. The first-order valence-electron chi connectivity index (χ1n) is 13.0. The first-order valence-corrected chi connectivity index (χ1v) is 13.0. The summed E-state index contributed by atoms with van der Waals surface area (Å²) in [6, 6.07) is 0. The standard InChI is InChI=1S/C27H42O3/c1-16-7-12-27(29-15-16)17(2)24-23(30-27)14-22-20-6-5-18-13-19(28)8-10-25(18,3)21(20)9-11-26(22,24)4/h5,16-17,19-24,28H,6-15H2,1-4H3/t16-,17+,19?,20?,21?,22?,23?,24?,25+,26+,27?/m1/s1. The van der Waals surface area contributed by atoms with E-state index in [4.69, 9.17) is 9.47 Å². The number of aliphatic hydroxyl groups excluding tert-OH is 1. The summed E-state index contributed by atoms with van der Waals surface area (Å²) in [6.07, 6.45) is 13.5. The minimum absolute atomic E-state index is 0.107. The molecule has 11 atom stereocenters. The van der Waals surface area contributed by atoms with Crippen molar-refractivity contribution in [1.29, 1.82) is 0 Å². The van der Waals surface area contributed by atoms with Crippen molar-refractivity contribution in [2.75, 3.05) is 6.61 Å². The molecule has 6 aliphatic rings. The molecule has 168 valence electrons. The fourth-order valence-corrected chi connectivity index (χ4v) is 9.66. The van der Waals surface area contributed by atoms with Gasteiger partial charge in [-0.05, 0) is 91.8 Å². The van der Waals surface area contributed by atoms with Crippen LogP contribution in [0.4, 0.5) is 0 Å². The van der Waals surface area contributed by atoms with Gasteiger partial charge < -0.3 is 14.6 Å². The van der Waals surface area contributed by atoms with Gasteiger partial charge in [0.2, 0.25) is 0 Å². The van der Waals surface area contributed by atoms with E-state index in [2.05, 4.69) is 33.8 Å². The highest BCUT2D eigenvalue weighted by molar-refractivity contribution is 5.26. The molecule has 30 heavy (non-hydrogen) atoms. The molecule has 0 aromatic carbocycles. The molecule has 1 N–H and O–H groups in total. The number of aliphatic hydroxyl groups is 1. The fraction of sp³-hybridized carbons (Fsp3) is 0.926. The zero-order chi connectivity index (χ0) is 20.9. The molecule has 2 heterocycles. The molecule has 2 saturated heterocycles. The van der Waals surface area contributed by atoms with Gasteiger partial charge in [0.15, 0.2) is 5.79 Å². The maximum Gasteiger partial charge on any atom is 0.171 e. The average molecular weight is 415 g/mol. The Labute approximate surface area is 183 Å². The van der Waals surface area contributed by atoms with Crippen LogP contribution in [-0.4, -0.2) is 29.7 Å². The van der Waals surface area contributed by atoms with E-state index >= 15 is 0 Å². The van der Waals surface area contributed by atoms with E-state index in [9.17, 15) is 5.11 Å². The highest BCUT2D eigenvalue weighted by Crippen LogP contribution is 2.70. The van der Waals surface area contributed by atoms with Gasteiger partial charge in [-0.3, -0.25) is 0 Å². The maximum absolute atomic E-state index is 10.3. The van der Waals surface area contributed by atoms with E-state index in [-0.39, 0.29) is 11.9 Å². The molecule has 6 rings (SSSR count). The van der Waals surface area contributed by atoms with E-state index in [1.54, 1.807) is 5.57 Å². The Bertz CT molecular complexity index is 736. The molecule has 4 aliphatic carbocycles. The molecule has 5 fully saturated rings. The number of allylic oxidation sites excluding steroid dienone is 1. The lowest BCUT2D eigenvalue weighted by Crippen LogP contribution is -2.52. The summed E-state index contributed by atoms with van der Waals surface area (Å²) in [4.78, 5) is 0. The van der Waals surface area contributed by atoms with Gasteiger partial charge in [-0.25, -0.2) is 0 Å². The van der Waals surface area contributed by atoms with Crippen LogP contribution in [-0.2, 0) is 9.47 Å². The molecule has 3 nitrogen and oxygen atoms in total. The summed E-state index contributed by atoms with van der Waals surface area (Å²) in [5.74, 6) is 3.94. The largest absolute Gasteiger partial charge is 0.393 e. The second-order valence-electron chi connectivity index (χ2n) is 12.7. The smallest absolute Gasteiger partial charge is 0.171 e. The van der Waals surface area contributed by atoms with Crippen molar-refractivity contribution in [2.24, 2.45) is 46.3 Å². The minimum atomic E-state index is -0.294. The zero-order valence-electron chi connectivity index (χ0n) is 19.5. The van der Waals surface area contributed by atoms with Gasteiger partial charge in [-0.1, -0.05) is 39.3 Å². The first-order chi connectivity index (χ1) is 14.3. The topological polar surface area (TPSA) is 38.7 Å². The van der Waals surface area contributed by atoms with Crippen LogP contribution in [0.1, 0.15) is 85.5 Å². The van der Waals surface area contributed by atoms with E-state index < -0.39 is 0 Å². The number of hydrogen-bond acceptors (Lipinski definition) is 3. The molecule has 3 saturated carbocycles. The van der Waals surface area contributed by atoms with Gasteiger partial charge in [0.25, 0.3) is 0 Å². The van der Waals surface area contributed by atoms with E-state index in [1.165, 1.54) is 38.5 Å². The third kappa shape index (κ3) is 2.55. The van der Waals surface area contributed by atoms with Crippen LogP contribution >= 0.6 is 0 Å². The summed E-state index contributed by atoms with van der Waals surface area (Å²) in [6.45, 7) is 10.8. The zero-order valence-corrected chi connectivity index (χ0v) is 19.5. The molecule has 0 aromatic rings. The fourth-order valence-electron chi connectivity index (χ4n) is 9.66. The molecule has 1 spiro atoms. The lowest BCUT2D eigenvalue weighted by Gasteiger charge is -2.58. The third-order valence-corrected chi connectivity index (χ3v) is 11.3. The van der Waals surface area contributed by atoms with E-state index in [0.29, 0.717) is 34.7 Å². The number of ether oxygens (including phenoxy) is 2. The van der Waals surface area contributed by atoms with Crippen LogP contribution < -0.4 is 0 Å². The Balaban J connectivity index is 1.28. The van der Waals surface area contributed by atoms with E-state index in [1.807, 2.05) is 0 Å². The monoisotopic (exact) mass is 414 g/mol. The lowest BCUT2D eigenvalue weighted by molar-refractivity contribution is -0.272. The second kappa shape index (κ2) is 6.58. The summed E-state index contributed by atoms with van der Waals surface area (Å²) >= 11 is 0. The summed E-state index contributed by atoms with van der Waals surface area (Å²) in [5.41, 5.74) is 2.31. The Kier molecular flexibility index (Phi) is 4.44. The predicted octanol–water partition coefficient (Wildman–Crippen LogP) is 5.71. The molecule has 0 aromatic heterocycles. The van der Waals surface area contributed by atoms with Gasteiger partial charge in [-0.15, -0.1) is 0 Å². The van der Waals surface area contributed by atoms with Crippen LogP contribution in [0.2, 0.25) is 0 Å². The average Bonchev–Trinajstić information content (AvgIpc) is 3.16. The number of fused-ring (bicyclic) bond motifs is 7. The molecule has 7 unspecified atom stereocenters. The molecule has 0 radical (unpaired) electrons. The Morgan fingerprint density at radius 2 is 1.87 bits per heavy atom. The highest BCUT2D eigenvalue weighted by Gasteiger charge is 2.68. The Morgan fingerprint density at radius 1 is 1.03 bits per heavy atom. The van der Waals surface area contributed by atoms with Crippen molar-refractivity contribution in [3.8, 4) is 0 Å². The van der Waals surface area contributed by atoms with Gasteiger partial charge >= 0.3 is 0 Å². The molecule has 0 bridgehead atoms. The van der Waals surface area contributed by atoms with Crippen LogP contribution in [0, 0.1) is 46.3 Å². The molecular weight excluding hydrogens is 372 g/mol. The normalized spacial score (nSPS) is 59.8. The van der Waals surface area contributed by atoms with Crippen LogP contribution in [0.25, 0.3) is 0 Å². The summed E-state index contributed by atoms with van der Waals surface area (Å²) in [7, 11) is 0. The maximum atomic E-state index is 10.3. The second-order valence-corrected chi connectivity index (χ2v) is 12.7. The third-order valence-electron chi connectivity index (χ3n) is 11.3. The molecular formula is C27H42O3. The molecule has 0 amide bonds. The van der Waals surface area contributed by atoms with Crippen LogP contribution in [0.15, 0.2) is 11.6 Å². The van der Waals surface area contributed by atoms with E-state index in [0.717, 1.165) is 43.6 Å². The Hall–Kier alpha value is -0.380. The van der Waals surface area contributed by atoms with Crippen molar-refractivity contribution < 1.29 is 14.6 Å². The Morgan fingerprint density at radius 3 is 2.63 bits per heavy atom. The SMILES string of the molecule is C[C@@H]1CCC2(OC1)OC1CC3C4CC=C5CC(O)CC[C@]5(C)C4CC[C@]3(C)C1[C@@H]2C. The predicted molar refractivity (Wildman–Crippen MR) is 118 cm³/mol. The number of rotatable bonds is 0. The summed E-state index contributed by atoms with van der Waals surface area (Å²) < 4.78 is 13.3. The number of hydrogen-bond donors (Lipinski definition) is 1. The summed E-state index contributed by atoms with van der Waals surface area (Å²) in [5, 5.41) is 10.3. The quantitative estimate of drug-likeness (QED) is 0.516. The van der Waals surface area contributed by atoms with Gasteiger partial charge in [0.05, 0.1) is 18.8 Å². The van der Waals surface area contributed by atoms with Crippen molar-refractivity contribution in [1.82, 2.24) is 0 Å². The lowest BCUT2D eigenvalue weighted by atomic mass is 9.47. The van der Waals surface area contributed by atoms with Crippen molar-refractivity contribution in [3.05, 3.63) is 11.6 Å². The van der Waals surface area contributed by atoms with Gasteiger partial charge in [0.1, 0.15) is 0 Å². The minimum Gasteiger partial charge on any atom is -0.393 e. The first kappa shape index (κ1) is 20.2. The molecule has 3 heteroatoms.